The minimum absolute atomic E-state index is 0.0740. The maximum Gasteiger partial charge on any atom is 0.303 e. The van der Waals surface area contributed by atoms with Gasteiger partial charge in [-0.25, -0.2) is 0 Å². The van der Waals surface area contributed by atoms with Gasteiger partial charge in [-0.3, -0.25) is 9.59 Å². The van der Waals surface area contributed by atoms with E-state index in [1.165, 1.54) is 6.92 Å². The van der Waals surface area contributed by atoms with Gasteiger partial charge in [0.1, 0.15) is 42.7 Å². The SMILES string of the molecule is CC(=O)O[C@H]1[C@H](OC2CC[C@@]3(C)C(CC[C@]4(C)[C@@H]3CC[C@@H]3C5C(C)(O)CC(C=C(C)C)O[C@@]56C[C@]34CO6)C2(C)C)OC[C@H](O)[C@@H]1O[C@@H]1O[C@H](CO)[C@@H](O)[C@H](OC(C)=O)[C@H]1O[C@@H]1OC[C@@H](O)[C@H](O)[C@H]1O. The Hall–Kier alpha value is -1.92. The molecule has 0 aromatic heterocycles. The summed E-state index contributed by atoms with van der Waals surface area (Å²) < 4.78 is 62.2. The summed E-state index contributed by atoms with van der Waals surface area (Å²) in [4.78, 5) is 25.3. The highest BCUT2D eigenvalue weighted by molar-refractivity contribution is 5.66. The highest BCUT2D eigenvalue weighted by Gasteiger charge is 2.81. The lowest BCUT2D eigenvalue weighted by atomic mass is 9.35. The molecule has 0 aromatic rings. The Morgan fingerprint density at radius 3 is 2.06 bits per heavy atom. The van der Waals surface area contributed by atoms with Crippen LogP contribution in [0.1, 0.15) is 114 Å². The standard InChI is InChI=1S/C50H78O19/c1-23(2)16-26-17-48(9,59)41-27-10-11-32-46(7)14-13-33(45(5,6)31(46)12-15-47(32,8)49(27)21-50(41,69-26)62-22-49)66-43-39(64-25(4)53)37(29(55)20-61-43)67-44-40(68-42-36(58)34(56)28(54)19-60-42)38(63-24(3)52)35(57)30(18-51)65-44/h16,26-44,51,54-59H,10-15,17-22H2,1-9H3/t26?,27-,28-,29+,30-,31?,32-,33?,34+,35-,36-,37+,38+,39-,40-,41?,42+,43+,44+,46+,47-,48?,49+,50+/m1/s1. The summed E-state index contributed by atoms with van der Waals surface area (Å²) >= 11 is 0. The number of hydrogen-bond acceptors (Lipinski definition) is 19. The molecule has 2 spiro atoms. The molecule has 9 aliphatic rings. The summed E-state index contributed by atoms with van der Waals surface area (Å²) in [7, 11) is 0. The van der Waals surface area contributed by atoms with Gasteiger partial charge in [-0.05, 0) is 93.3 Å². The fourth-order valence-electron chi connectivity index (χ4n) is 16.2. The number of rotatable bonds is 10. The molecule has 24 atom stereocenters. The summed E-state index contributed by atoms with van der Waals surface area (Å²) in [6.07, 6.45) is -12.0. The highest BCUT2D eigenvalue weighted by Crippen LogP contribution is 2.80. The van der Waals surface area contributed by atoms with Crippen LogP contribution in [0.4, 0.5) is 0 Å². The monoisotopic (exact) mass is 983 g/mol. The fourth-order valence-corrected chi connectivity index (χ4v) is 16.2. The molecule has 19 heteroatoms. The second-order valence-corrected chi connectivity index (χ2v) is 23.7. The van der Waals surface area contributed by atoms with Crippen LogP contribution in [0, 0.1) is 45.3 Å². The number of aliphatic hydroxyl groups excluding tert-OH is 6. The predicted octanol–water partition coefficient (Wildman–Crippen LogP) is 1.75. The van der Waals surface area contributed by atoms with Crippen molar-refractivity contribution in [3.63, 3.8) is 0 Å². The summed E-state index contributed by atoms with van der Waals surface area (Å²) in [6, 6.07) is 0. The molecule has 0 amide bonds. The second kappa shape index (κ2) is 18.5. The van der Waals surface area contributed by atoms with Crippen LogP contribution in [-0.2, 0) is 57.0 Å². The van der Waals surface area contributed by atoms with Crippen molar-refractivity contribution in [2.75, 3.05) is 26.4 Å². The van der Waals surface area contributed by atoms with E-state index in [0.29, 0.717) is 25.4 Å². The molecule has 2 bridgehead atoms. The number of carbonyl (C=O) groups is 2. The predicted molar refractivity (Wildman–Crippen MR) is 238 cm³/mol. The third-order valence-corrected chi connectivity index (χ3v) is 18.9. The van der Waals surface area contributed by atoms with E-state index in [9.17, 15) is 45.3 Å². The van der Waals surface area contributed by atoms with E-state index in [0.717, 1.165) is 51.0 Å². The molecule has 5 saturated heterocycles. The lowest BCUT2D eigenvalue weighted by Crippen LogP contribution is -2.68. The van der Waals surface area contributed by atoms with E-state index < -0.39 is 128 Å². The molecule has 5 heterocycles. The Kier molecular flexibility index (Phi) is 13.9. The van der Waals surface area contributed by atoms with Crippen LogP contribution in [0.3, 0.4) is 0 Å². The first-order valence-electron chi connectivity index (χ1n) is 25.2. The Bertz CT molecular complexity index is 1940. The van der Waals surface area contributed by atoms with Crippen LogP contribution in [0.15, 0.2) is 11.6 Å². The highest BCUT2D eigenvalue weighted by atomic mass is 16.8. The summed E-state index contributed by atoms with van der Waals surface area (Å²) in [5.41, 5.74) is -0.513. The maximum absolute atomic E-state index is 12.9. The zero-order valence-corrected chi connectivity index (χ0v) is 41.6. The zero-order chi connectivity index (χ0) is 50.0. The molecule has 9 fully saturated rings. The lowest BCUT2D eigenvalue weighted by Gasteiger charge is -2.70. The van der Waals surface area contributed by atoms with Crippen molar-refractivity contribution in [1.82, 2.24) is 0 Å². The van der Waals surface area contributed by atoms with Crippen LogP contribution >= 0.6 is 0 Å². The fraction of sp³-hybridized carbons (Fsp3) is 0.920. The number of hydrogen-bond donors (Lipinski definition) is 7. The molecule has 69 heavy (non-hydrogen) atoms. The first-order chi connectivity index (χ1) is 32.3. The minimum Gasteiger partial charge on any atom is -0.457 e. The molecule has 0 aromatic carbocycles. The summed E-state index contributed by atoms with van der Waals surface area (Å²) in [5.74, 6) is -1.65. The van der Waals surface area contributed by atoms with E-state index in [1.807, 2.05) is 6.92 Å². The number of esters is 2. The van der Waals surface area contributed by atoms with E-state index in [1.54, 1.807) is 0 Å². The number of ether oxygens (including phenoxy) is 10. The molecule has 0 radical (unpaired) electrons. The molecule has 9 rings (SSSR count). The van der Waals surface area contributed by atoms with E-state index >= 15 is 0 Å². The molecule has 5 unspecified atom stereocenters. The van der Waals surface area contributed by atoms with Crippen LogP contribution in [0.5, 0.6) is 0 Å². The number of aliphatic hydroxyl groups is 7. The van der Waals surface area contributed by atoms with Gasteiger partial charge >= 0.3 is 11.9 Å². The van der Waals surface area contributed by atoms with Gasteiger partial charge in [-0.1, -0.05) is 39.3 Å². The average Bonchev–Trinajstić information content (AvgIpc) is 3.78. The van der Waals surface area contributed by atoms with Gasteiger partial charge in [-0.15, -0.1) is 0 Å². The van der Waals surface area contributed by atoms with Crippen LogP contribution in [0.2, 0.25) is 0 Å². The molecule has 4 aliphatic carbocycles. The van der Waals surface area contributed by atoms with Crippen LogP contribution in [-0.4, -0.2) is 178 Å². The van der Waals surface area contributed by atoms with Crippen molar-refractivity contribution in [1.29, 1.82) is 0 Å². The summed E-state index contributed by atoms with van der Waals surface area (Å²) in [5, 5.41) is 76.6. The quantitative estimate of drug-likeness (QED) is 0.0934. The second-order valence-electron chi connectivity index (χ2n) is 23.7. The third kappa shape index (κ3) is 8.46. The minimum atomic E-state index is -1.81. The van der Waals surface area contributed by atoms with Crippen LogP contribution in [0.25, 0.3) is 0 Å². The van der Waals surface area contributed by atoms with Gasteiger partial charge in [0, 0.05) is 38.0 Å². The van der Waals surface area contributed by atoms with Gasteiger partial charge in [-0.2, -0.15) is 0 Å². The Labute approximate surface area is 404 Å². The molecule has 392 valence electrons. The maximum atomic E-state index is 12.9. The van der Waals surface area contributed by atoms with Crippen molar-refractivity contribution in [2.45, 2.75) is 217 Å². The Morgan fingerprint density at radius 1 is 0.710 bits per heavy atom. The van der Waals surface area contributed by atoms with Gasteiger partial charge in [0.2, 0.25) is 0 Å². The summed E-state index contributed by atoms with van der Waals surface area (Å²) in [6.45, 7) is 16.9. The van der Waals surface area contributed by atoms with Gasteiger partial charge < -0.3 is 83.1 Å². The van der Waals surface area contributed by atoms with Crippen LogP contribution < -0.4 is 0 Å². The van der Waals surface area contributed by atoms with Gasteiger partial charge in [0.25, 0.3) is 0 Å². The lowest BCUT2D eigenvalue weighted by molar-refractivity contribution is -0.381. The van der Waals surface area contributed by atoms with Crippen molar-refractivity contribution in [3.05, 3.63) is 11.6 Å². The zero-order valence-electron chi connectivity index (χ0n) is 41.6. The molecule has 4 saturated carbocycles. The van der Waals surface area contributed by atoms with Gasteiger partial charge in [0.05, 0.1) is 44.2 Å². The van der Waals surface area contributed by atoms with Crippen molar-refractivity contribution in [2.24, 2.45) is 45.3 Å². The first-order valence-corrected chi connectivity index (χ1v) is 25.2. The molecular formula is C50H78O19. The number of allylic oxidation sites excluding steroid dienone is 1. The third-order valence-electron chi connectivity index (χ3n) is 18.9. The Morgan fingerprint density at radius 2 is 1.38 bits per heavy atom. The largest absolute Gasteiger partial charge is 0.457 e. The van der Waals surface area contributed by atoms with E-state index in [2.05, 4.69) is 47.6 Å². The Balaban J connectivity index is 0.953. The van der Waals surface area contributed by atoms with Crippen molar-refractivity contribution >= 4 is 11.9 Å². The topological polar surface area (TPSA) is 268 Å². The van der Waals surface area contributed by atoms with E-state index in [4.69, 9.17) is 47.4 Å². The number of carbonyl (C=O) groups excluding carboxylic acids is 2. The van der Waals surface area contributed by atoms with Gasteiger partial charge in [0.15, 0.2) is 43.0 Å². The van der Waals surface area contributed by atoms with Crippen molar-refractivity contribution in [3.8, 4) is 0 Å². The molecule has 19 nitrogen and oxygen atoms in total. The first kappa shape index (κ1) is 52.0. The normalized spacial score (nSPS) is 53.2. The molecular weight excluding hydrogens is 905 g/mol. The average molecular weight is 983 g/mol. The van der Waals surface area contributed by atoms with Crippen molar-refractivity contribution < 1.29 is 92.7 Å². The molecule has 7 N–H and O–H groups in total. The molecule has 5 aliphatic heterocycles. The van der Waals surface area contributed by atoms with E-state index in [-0.39, 0.29) is 46.7 Å². The number of fused-ring (bicyclic) bond motifs is 4. The smallest absolute Gasteiger partial charge is 0.303 e.